The van der Waals surface area contributed by atoms with Crippen molar-refractivity contribution in [2.24, 2.45) is 5.50 Å². The molecule has 2 aromatic rings. The number of carbonyl (C=O) groups excluding carboxylic acids is 1. The molecule has 176 valence electrons. The molecule has 2 aliphatic rings. The van der Waals surface area contributed by atoms with Gasteiger partial charge in [-0.2, -0.15) is 9.97 Å². The summed E-state index contributed by atoms with van der Waals surface area (Å²) in [6.45, 7) is 2.93. The summed E-state index contributed by atoms with van der Waals surface area (Å²) in [5.41, 5.74) is 8.99. The molecular formula is C17H25N6O8P. The van der Waals surface area contributed by atoms with Crippen LogP contribution in [-0.4, -0.2) is 85.6 Å². The Kier molecular flexibility index (Phi) is 5.43. The number of nitrogens with two attached hydrogens (primary N) is 2. The van der Waals surface area contributed by atoms with Crippen molar-refractivity contribution in [1.82, 2.24) is 19.5 Å². The molecule has 14 nitrogen and oxygen atoms in total. The normalized spacial score (nSPS) is 33.0. The molecule has 4 rings (SSSR count). The lowest BCUT2D eigenvalue weighted by Gasteiger charge is -2.24. The van der Waals surface area contributed by atoms with Crippen LogP contribution < -0.4 is 16.0 Å². The van der Waals surface area contributed by atoms with Gasteiger partial charge in [0.2, 0.25) is 11.8 Å². The minimum absolute atomic E-state index is 0.0490. The van der Waals surface area contributed by atoms with Gasteiger partial charge >= 0.3 is 5.97 Å². The fourth-order valence-electron chi connectivity index (χ4n) is 4.33. The fourth-order valence-corrected chi connectivity index (χ4v) is 5.27. The maximum atomic E-state index is 12.3. The number of aliphatic hydroxyl groups is 2. The summed E-state index contributed by atoms with van der Waals surface area (Å²) in [5, 5.41) is 22.0. The summed E-state index contributed by atoms with van der Waals surface area (Å²) in [6.07, 6.45) is -1.65. The zero-order chi connectivity index (χ0) is 23.5. The van der Waals surface area contributed by atoms with Crippen molar-refractivity contribution < 1.29 is 38.3 Å². The van der Waals surface area contributed by atoms with Crippen molar-refractivity contribution in [3.63, 3.8) is 0 Å². The lowest BCUT2D eigenvalue weighted by atomic mass is 10.1. The second-order valence-corrected chi connectivity index (χ2v) is 9.86. The van der Waals surface area contributed by atoms with Crippen molar-refractivity contribution in [3.8, 4) is 5.88 Å². The number of nitrogen functional groups attached to an aromatic ring is 1. The van der Waals surface area contributed by atoms with Gasteiger partial charge in [-0.15, -0.1) is 0 Å². The molecule has 32 heavy (non-hydrogen) atoms. The molecule has 0 aromatic carbocycles. The van der Waals surface area contributed by atoms with E-state index >= 15 is 0 Å². The van der Waals surface area contributed by atoms with Gasteiger partial charge in [0.15, 0.2) is 11.2 Å². The maximum Gasteiger partial charge on any atom is 0.316 e. The Hall–Kier alpha value is -2.35. The second-order valence-electron chi connectivity index (χ2n) is 7.84. The number of hydrogen-bond donors (Lipinski definition) is 4. The first-order valence-corrected chi connectivity index (χ1v) is 11.7. The van der Waals surface area contributed by atoms with Crippen LogP contribution in [-0.2, 0) is 23.4 Å². The Bertz CT molecular complexity index is 1110. The fraction of sp³-hybridized carbons (Fsp3) is 0.647. The van der Waals surface area contributed by atoms with Gasteiger partial charge in [-0.25, -0.2) is 4.98 Å². The Labute approximate surface area is 182 Å². The average Bonchev–Trinajstić information content (AvgIpc) is 2.95. The second kappa shape index (κ2) is 7.61. The standard InChI is InChI=1S/C17H25N6O8P/c1-4-29-9(24)6-32(19,27)30-5-8-11(25)17(26)14(16(17,2)31-8)23-7-20-10-12(23)21-15(18)22-13(10)28-3/h7-8,11,14,25-26H,4-6H2,1-3H3,(H2,19,27)(H2,18,21,22). The molecular weight excluding hydrogens is 447 g/mol. The molecule has 1 saturated heterocycles. The lowest BCUT2D eigenvalue weighted by molar-refractivity contribution is -0.140. The molecule has 2 aromatic heterocycles. The number of imidazole rings is 1. The van der Waals surface area contributed by atoms with Gasteiger partial charge in [-0.3, -0.25) is 14.9 Å². The predicted molar refractivity (Wildman–Crippen MR) is 109 cm³/mol. The number of rotatable bonds is 8. The van der Waals surface area contributed by atoms with Crippen molar-refractivity contribution in [2.45, 2.75) is 43.3 Å². The highest BCUT2D eigenvalue weighted by Gasteiger charge is 2.85. The van der Waals surface area contributed by atoms with E-state index < -0.39 is 55.7 Å². The van der Waals surface area contributed by atoms with Crippen molar-refractivity contribution in [1.29, 1.82) is 0 Å². The molecule has 1 saturated carbocycles. The number of esters is 1. The molecule has 0 bridgehead atoms. The van der Waals surface area contributed by atoms with Gasteiger partial charge in [0.25, 0.3) is 7.52 Å². The van der Waals surface area contributed by atoms with Gasteiger partial charge in [-0.1, -0.05) is 0 Å². The van der Waals surface area contributed by atoms with E-state index in [1.807, 2.05) is 0 Å². The average molecular weight is 472 g/mol. The van der Waals surface area contributed by atoms with Gasteiger partial charge in [0.1, 0.15) is 35.6 Å². The quantitative estimate of drug-likeness (QED) is 0.267. The summed E-state index contributed by atoms with van der Waals surface area (Å²) < 4.78 is 34.8. The van der Waals surface area contributed by atoms with Crippen molar-refractivity contribution >= 4 is 30.6 Å². The van der Waals surface area contributed by atoms with E-state index in [1.165, 1.54) is 18.0 Å². The molecule has 6 N–H and O–H groups in total. The molecule has 2 fully saturated rings. The summed E-state index contributed by atoms with van der Waals surface area (Å²) in [6, 6.07) is -0.755. The number of ether oxygens (including phenoxy) is 3. The minimum atomic E-state index is -3.82. The maximum absolute atomic E-state index is 12.3. The first-order valence-electron chi connectivity index (χ1n) is 9.78. The number of anilines is 1. The van der Waals surface area contributed by atoms with Gasteiger partial charge in [-0.05, 0) is 13.8 Å². The van der Waals surface area contributed by atoms with E-state index in [-0.39, 0.29) is 18.4 Å². The first-order chi connectivity index (χ1) is 15.0. The van der Waals surface area contributed by atoms with E-state index in [0.717, 1.165) is 0 Å². The monoisotopic (exact) mass is 472 g/mol. The van der Waals surface area contributed by atoms with Crippen LogP contribution in [0.2, 0.25) is 0 Å². The van der Waals surface area contributed by atoms with E-state index in [1.54, 1.807) is 13.8 Å². The molecule has 15 heteroatoms. The summed E-state index contributed by atoms with van der Waals surface area (Å²) in [7, 11) is -2.41. The first kappa shape index (κ1) is 22.8. The Balaban J connectivity index is 1.51. The van der Waals surface area contributed by atoms with Gasteiger partial charge in [0.05, 0.1) is 26.7 Å². The smallest absolute Gasteiger partial charge is 0.316 e. The summed E-state index contributed by atoms with van der Waals surface area (Å²) in [4.78, 5) is 23.9. The molecule has 1 aliphatic heterocycles. The zero-order valence-electron chi connectivity index (χ0n) is 17.7. The number of aliphatic hydroxyl groups excluding tert-OH is 1. The largest absolute Gasteiger partial charge is 0.479 e. The summed E-state index contributed by atoms with van der Waals surface area (Å²) >= 11 is 0. The van der Waals surface area contributed by atoms with Crippen LogP contribution in [0.5, 0.6) is 5.88 Å². The van der Waals surface area contributed by atoms with Crippen LogP contribution in [0.4, 0.5) is 5.95 Å². The van der Waals surface area contributed by atoms with Crippen LogP contribution in [0.3, 0.4) is 0 Å². The van der Waals surface area contributed by atoms with Crippen LogP contribution in [0.15, 0.2) is 6.33 Å². The summed E-state index contributed by atoms with van der Waals surface area (Å²) in [5.74, 6) is -0.641. The SMILES string of the molecule is CCOC(=O)CP(N)(=O)OCC1OC2(C)C(n3cnc4c(OC)nc(N)nc43)C2(O)C1O. The zero-order valence-corrected chi connectivity index (χ0v) is 18.6. The van der Waals surface area contributed by atoms with Crippen LogP contribution in [0, 0.1) is 0 Å². The molecule has 6 unspecified atom stereocenters. The highest BCUT2D eigenvalue weighted by Crippen LogP contribution is 2.67. The van der Waals surface area contributed by atoms with Crippen LogP contribution >= 0.6 is 7.52 Å². The Morgan fingerprint density at radius 3 is 2.75 bits per heavy atom. The number of hydrogen-bond acceptors (Lipinski definition) is 12. The van der Waals surface area contributed by atoms with Crippen molar-refractivity contribution in [3.05, 3.63) is 6.33 Å². The van der Waals surface area contributed by atoms with E-state index in [0.29, 0.717) is 11.2 Å². The highest BCUT2D eigenvalue weighted by atomic mass is 31.2. The van der Waals surface area contributed by atoms with Crippen LogP contribution in [0.1, 0.15) is 19.9 Å². The molecule has 0 spiro atoms. The van der Waals surface area contributed by atoms with E-state index in [9.17, 15) is 19.6 Å². The minimum Gasteiger partial charge on any atom is -0.479 e. The van der Waals surface area contributed by atoms with E-state index in [2.05, 4.69) is 15.0 Å². The molecule has 0 amide bonds. The Morgan fingerprint density at radius 2 is 2.16 bits per heavy atom. The molecule has 6 atom stereocenters. The van der Waals surface area contributed by atoms with E-state index in [4.69, 9.17) is 30.0 Å². The third-order valence-corrected chi connectivity index (χ3v) is 7.13. The van der Waals surface area contributed by atoms with Gasteiger partial charge < -0.3 is 39.2 Å². The number of methoxy groups -OCH3 is 1. The molecule has 0 radical (unpaired) electrons. The van der Waals surface area contributed by atoms with Crippen molar-refractivity contribution in [2.75, 3.05) is 32.2 Å². The number of nitrogens with zero attached hydrogens (tertiary/aromatic N) is 4. The lowest BCUT2D eigenvalue weighted by Crippen LogP contribution is -2.40. The molecule has 1 aliphatic carbocycles. The molecule has 3 heterocycles. The number of aromatic nitrogens is 4. The third-order valence-electron chi connectivity index (χ3n) is 5.84. The van der Waals surface area contributed by atoms with Gasteiger partial charge in [0, 0.05) is 0 Å². The predicted octanol–water partition coefficient (Wildman–Crippen LogP) is -1.05. The Morgan fingerprint density at radius 1 is 1.44 bits per heavy atom. The topological polar surface area (TPSA) is 207 Å². The van der Waals surface area contributed by atoms with Crippen LogP contribution in [0.25, 0.3) is 11.2 Å². The third kappa shape index (κ3) is 3.34. The highest BCUT2D eigenvalue weighted by molar-refractivity contribution is 7.57. The number of carbonyl (C=O) groups is 1. The number of fused-ring (bicyclic) bond motifs is 2.